The SMILES string of the molecule is C=CCn1nnc2cc(N(CC)CCC(=O)O)ccc21. The molecule has 0 aliphatic carbocycles. The molecule has 0 aliphatic rings. The van der Waals surface area contributed by atoms with Gasteiger partial charge >= 0.3 is 5.97 Å². The van der Waals surface area contributed by atoms with Gasteiger partial charge in [0.2, 0.25) is 0 Å². The lowest BCUT2D eigenvalue weighted by Crippen LogP contribution is -2.25. The number of benzene rings is 1. The number of carboxylic acid groups (broad SMARTS) is 1. The second kappa shape index (κ2) is 6.18. The Kier molecular flexibility index (Phi) is 4.34. The topological polar surface area (TPSA) is 71.2 Å². The van der Waals surface area contributed by atoms with E-state index in [9.17, 15) is 4.79 Å². The van der Waals surface area contributed by atoms with E-state index in [2.05, 4.69) is 16.9 Å². The van der Waals surface area contributed by atoms with E-state index in [1.165, 1.54) is 0 Å². The molecular weight excluding hydrogens is 256 g/mol. The minimum Gasteiger partial charge on any atom is -0.481 e. The third-order valence-corrected chi connectivity index (χ3v) is 3.14. The number of carboxylic acids is 1. The monoisotopic (exact) mass is 274 g/mol. The van der Waals surface area contributed by atoms with E-state index in [4.69, 9.17) is 5.11 Å². The van der Waals surface area contributed by atoms with E-state index in [-0.39, 0.29) is 6.42 Å². The van der Waals surface area contributed by atoms with E-state index >= 15 is 0 Å². The number of aromatic nitrogens is 3. The van der Waals surface area contributed by atoms with Crippen LogP contribution >= 0.6 is 0 Å². The predicted molar refractivity (Wildman–Crippen MR) is 77.9 cm³/mol. The fourth-order valence-corrected chi connectivity index (χ4v) is 2.11. The summed E-state index contributed by atoms with van der Waals surface area (Å²) in [6, 6.07) is 5.86. The molecule has 0 atom stereocenters. The first-order valence-electron chi connectivity index (χ1n) is 6.56. The summed E-state index contributed by atoms with van der Waals surface area (Å²) in [5.41, 5.74) is 2.72. The molecule has 1 heterocycles. The summed E-state index contributed by atoms with van der Waals surface area (Å²) in [4.78, 5) is 12.7. The van der Waals surface area contributed by atoms with Gasteiger partial charge in [-0.3, -0.25) is 4.79 Å². The van der Waals surface area contributed by atoms with Crippen molar-refractivity contribution in [2.45, 2.75) is 19.9 Å². The van der Waals surface area contributed by atoms with Crippen LogP contribution in [0.5, 0.6) is 0 Å². The molecular formula is C14H18N4O2. The number of anilines is 1. The molecule has 0 fully saturated rings. The van der Waals surface area contributed by atoms with Crippen LogP contribution in [0.4, 0.5) is 5.69 Å². The summed E-state index contributed by atoms with van der Waals surface area (Å²) >= 11 is 0. The van der Waals surface area contributed by atoms with Crippen LogP contribution < -0.4 is 4.90 Å². The number of nitrogens with zero attached hydrogens (tertiary/aromatic N) is 4. The lowest BCUT2D eigenvalue weighted by atomic mass is 10.2. The second-order valence-corrected chi connectivity index (χ2v) is 4.46. The number of allylic oxidation sites excluding steroid dienone is 1. The summed E-state index contributed by atoms with van der Waals surface area (Å²) in [6.07, 6.45) is 1.89. The summed E-state index contributed by atoms with van der Waals surface area (Å²) in [7, 11) is 0. The Bertz CT molecular complexity index is 621. The van der Waals surface area contributed by atoms with E-state index < -0.39 is 5.97 Å². The van der Waals surface area contributed by atoms with Crippen molar-refractivity contribution in [3.63, 3.8) is 0 Å². The zero-order chi connectivity index (χ0) is 14.5. The van der Waals surface area contributed by atoms with Gasteiger partial charge in [0, 0.05) is 18.8 Å². The van der Waals surface area contributed by atoms with Gasteiger partial charge in [0.15, 0.2) is 0 Å². The molecule has 0 radical (unpaired) electrons. The normalized spacial score (nSPS) is 10.7. The highest BCUT2D eigenvalue weighted by atomic mass is 16.4. The van der Waals surface area contributed by atoms with Crippen LogP contribution in [-0.4, -0.2) is 39.2 Å². The zero-order valence-corrected chi connectivity index (χ0v) is 11.5. The van der Waals surface area contributed by atoms with Crippen molar-refractivity contribution in [1.29, 1.82) is 0 Å². The molecule has 0 bridgehead atoms. The molecule has 0 amide bonds. The number of fused-ring (bicyclic) bond motifs is 1. The lowest BCUT2D eigenvalue weighted by Gasteiger charge is -2.22. The summed E-state index contributed by atoms with van der Waals surface area (Å²) in [5.74, 6) is -0.790. The summed E-state index contributed by atoms with van der Waals surface area (Å²) in [5, 5.41) is 17.0. The van der Waals surface area contributed by atoms with Gasteiger partial charge in [0.05, 0.1) is 18.5 Å². The highest BCUT2D eigenvalue weighted by Gasteiger charge is 2.10. The molecule has 20 heavy (non-hydrogen) atoms. The molecule has 0 unspecified atom stereocenters. The molecule has 106 valence electrons. The first-order chi connectivity index (χ1) is 9.65. The maximum absolute atomic E-state index is 10.7. The Hall–Kier alpha value is -2.37. The molecule has 0 aliphatic heterocycles. The van der Waals surface area contributed by atoms with E-state index in [0.717, 1.165) is 23.3 Å². The van der Waals surface area contributed by atoms with Gasteiger partial charge in [-0.1, -0.05) is 11.3 Å². The molecule has 1 N–H and O–H groups in total. The molecule has 6 nitrogen and oxygen atoms in total. The second-order valence-electron chi connectivity index (χ2n) is 4.46. The standard InChI is InChI=1S/C14H18N4O2/c1-3-8-18-13-6-5-11(10-12(13)15-16-18)17(4-2)9-7-14(19)20/h3,5-6,10H,1,4,7-9H2,2H3,(H,19,20). The van der Waals surface area contributed by atoms with Crippen LogP contribution in [0.3, 0.4) is 0 Å². The van der Waals surface area contributed by atoms with E-state index in [0.29, 0.717) is 13.1 Å². The first-order valence-corrected chi connectivity index (χ1v) is 6.56. The van der Waals surface area contributed by atoms with Crippen molar-refractivity contribution in [2.24, 2.45) is 0 Å². The van der Waals surface area contributed by atoms with Gasteiger partial charge in [-0.15, -0.1) is 11.7 Å². The van der Waals surface area contributed by atoms with Crippen molar-refractivity contribution in [2.75, 3.05) is 18.0 Å². The summed E-state index contributed by atoms with van der Waals surface area (Å²) < 4.78 is 1.78. The van der Waals surface area contributed by atoms with Crippen molar-refractivity contribution in [1.82, 2.24) is 15.0 Å². The third-order valence-electron chi connectivity index (χ3n) is 3.14. The maximum Gasteiger partial charge on any atom is 0.305 e. The van der Waals surface area contributed by atoms with Crippen LogP contribution in [0.2, 0.25) is 0 Å². The number of hydrogen-bond acceptors (Lipinski definition) is 4. The van der Waals surface area contributed by atoms with Crippen molar-refractivity contribution >= 4 is 22.7 Å². The minimum atomic E-state index is -0.790. The van der Waals surface area contributed by atoms with Crippen molar-refractivity contribution in [3.8, 4) is 0 Å². The Balaban J connectivity index is 2.25. The molecule has 1 aromatic carbocycles. The van der Waals surface area contributed by atoms with Gasteiger partial charge in [-0.2, -0.15) is 0 Å². The molecule has 0 saturated heterocycles. The van der Waals surface area contributed by atoms with Crippen LogP contribution in [0.1, 0.15) is 13.3 Å². The van der Waals surface area contributed by atoms with Gasteiger partial charge in [0.25, 0.3) is 0 Å². The highest BCUT2D eigenvalue weighted by Crippen LogP contribution is 2.20. The fraction of sp³-hybridized carbons (Fsp3) is 0.357. The highest BCUT2D eigenvalue weighted by molar-refractivity contribution is 5.79. The average Bonchev–Trinajstić information content (AvgIpc) is 2.82. The average molecular weight is 274 g/mol. The number of carbonyl (C=O) groups is 1. The molecule has 2 rings (SSSR count). The predicted octanol–water partition coefficient (Wildman–Crippen LogP) is 1.92. The quantitative estimate of drug-likeness (QED) is 0.781. The van der Waals surface area contributed by atoms with Crippen LogP contribution in [0, 0.1) is 0 Å². The van der Waals surface area contributed by atoms with Gasteiger partial charge in [-0.05, 0) is 25.1 Å². The molecule has 0 saturated carbocycles. The van der Waals surface area contributed by atoms with Crippen LogP contribution in [0.25, 0.3) is 11.0 Å². The van der Waals surface area contributed by atoms with Crippen LogP contribution in [0.15, 0.2) is 30.9 Å². The first kappa shape index (κ1) is 14.0. The Morgan fingerprint density at radius 1 is 1.55 bits per heavy atom. The molecule has 0 spiro atoms. The van der Waals surface area contributed by atoms with Crippen molar-refractivity contribution in [3.05, 3.63) is 30.9 Å². The number of aliphatic carboxylic acids is 1. The smallest absolute Gasteiger partial charge is 0.305 e. The van der Waals surface area contributed by atoms with E-state index in [1.54, 1.807) is 10.8 Å². The largest absolute Gasteiger partial charge is 0.481 e. The fourth-order valence-electron chi connectivity index (χ4n) is 2.11. The van der Waals surface area contributed by atoms with E-state index in [1.807, 2.05) is 30.0 Å². The van der Waals surface area contributed by atoms with Crippen molar-refractivity contribution < 1.29 is 9.90 Å². The Morgan fingerprint density at radius 3 is 3.00 bits per heavy atom. The third kappa shape index (κ3) is 2.96. The number of rotatable bonds is 7. The van der Waals surface area contributed by atoms with Gasteiger partial charge < -0.3 is 10.0 Å². The Labute approximate surface area is 117 Å². The molecule has 6 heteroatoms. The maximum atomic E-state index is 10.7. The van der Waals surface area contributed by atoms with Crippen LogP contribution in [-0.2, 0) is 11.3 Å². The molecule has 2 aromatic rings. The Morgan fingerprint density at radius 2 is 2.35 bits per heavy atom. The minimum absolute atomic E-state index is 0.120. The zero-order valence-electron chi connectivity index (χ0n) is 11.5. The number of hydrogen-bond donors (Lipinski definition) is 1. The summed E-state index contributed by atoms with van der Waals surface area (Å²) in [6.45, 7) is 7.54. The van der Waals surface area contributed by atoms with Gasteiger partial charge in [0.1, 0.15) is 5.52 Å². The lowest BCUT2D eigenvalue weighted by molar-refractivity contribution is -0.136. The van der Waals surface area contributed by atoms with Gasteiger partial charge in [-0.25, -0.2) is 4.68 Å². The molecule has 1 aromatic heterocycles.